The maximum atomic E-state index is 13.2. The van der Waals surface area contributed by atoms with Crippen LogP contribution < -0.4 is 4.74 Å². The molecule has 2 aromatic carbocycles. The van der Waals surface area contributed by atoms with Crippen molar-refractivity contribution in [3.63, 3.8) is 0 Å². The second-order valence-corrected chi connectivity index (χ2v) is 8.81. The van der Waals surface area contributed by atoms with Crippen LogP contribution >= 0.6 is 0 Å². The summed E-state index contributed by atoms with van der Waals surface area (Å²) in [5.41, 5.74) is 2.70. The number of rotatable bonds is 5. The van der Waals surface area contributed by atoms with Crippen molar-refractivity contribution in [1.82, 2.24) is 24.6 Å². The number of likely N-dealkylation sites (tertiary alicyclic amines) is 1. The molecule has 0 saturated carbocycles. The fourth-order valence-corrected chi connectivity index (χ4v) is 4.98. The van der Waals surface area contributed by atoms with Crippen LogP contribution in [0.5, 0.6) is 5.75 Å². The molecule has 1 N–H and O–H groups in total. The second kappa shape index (κ2) is 8.96. The molecule has 3 heterocycles. The molecule has 0 spiro atoms. The number of aromatic nitrogens is 3. The Labute approximate surface area is 193 Å². The van der Waals surface area contributed by atoms with Gasteiger partial charge in [0.05, 0.1) is 25.8 Å². The highest BCUT2D eigenvalue weighted by atomic mass is 16.5. The van der Waals surface area contributed by atoms with E-state index in [1.807, 2.05) is 48.2 Å². The minimum Gasteiger partial charge on any atom is -0.496 e. The Kier molecular flexibility index (Phi) is 5.86. The van der Waals surface area contributed by atoms with Crippen LogP contribution in [0.25, 0.3) is 0 Å². The topological polar surface area (TPSA) is 83.7 Å². The summed E-state index contributed by atoms with van der Waals surface area (Å²) in [7, 11) is 1.61. The first-order valence-electron chi connectivity index (χ1n) is 11.4. The molecular formula is C25H29N5O3. The standard InChI is InChI=1S/C25H29N5O3/c1-17-20(9-6-10-22(17)33-2)25(32)28-11-12-30-23(16-28)26-27-24(30)21-13-19(31)15-29(21)14-18-7-4-3-5-8-18/h3-10,19,21,31H,11-16H2,1-2H3/t19-,21-/m0/s1. The number of ether oxygens (including phenoxy) is 1. The van der Waals surface area contributed by atoms with Crippen molar-refractivity contribution in [2.24, 2.45) is 0 Å². The summed E-state index contributed by atoms with van der Waals surface area (Å²) >= 11 is 0. The third-order valence-electron chi connectivity index (χ3n) is 6.71. The van der Waals surface area contributed by atoms with Crippen molar-refractivity contribution in [3.8, 4) is 5.75 Å². The number of β-amino-alcohol motifs (C(OH)–C–C–N with tert-alkyl or cyclic N) is 1. The predicted octanol–water partition coefficient (Wildman–Crippen LogP) is 2.56. The zero-order valence-corrected chi connectivity index (χ0v) is 19.0. The molecule has 0 aliphatic carbocycles. The molecule has 3 aromatic rings. The lowest BCUT2D eigenvalue weighted by Crippen LogP contribution is -2.39. The van der Waals surface area contributed by atoms with E-state index >= 15 is 0 Å². The molecule has 5 rings (SSSR count). The summed E-state index contributed by atoms with van der Waals surface area (Å²) in [6, 6.07) is 15.8. The number of aliphatic hydroxyl groups is 1. The molecule has 8 nitrogen and oxygen atoms in total. The molecular weight excluding hydrogens is 418 g/mol. The molecule has 2 atom stereocenters. The normalized spacial score (nSPS) is 20.6. The first-order chi connectivity index (χ1) is 16.0. The van der Waals surface area contributed by atoms with Gasteiger partial charge in [-0.3, -0.25) is 9.69 Å². The van der Waals surface area contributed by atoms with Crippen LogP contribution in [0.3, 0.4) is 0 Å². The van der Waals surface area contributed by atoms with E-state index in [9.17, 15) is 9.90 Å². The summed E-state index contributed by atoms with van der Waals surface area (Å²) in [4.78, 5) is 17.3. The lowest BCUT2D eigenvalue weighted by Gasteiger charge is -2.30. The van der Waals surface area contributed by atoms with Gasteiger partial charge in [-0.05, 0) is 31.0 Å². The minimum atomic E-state index is -0.385. The van der Waals surface area contributed by atoms with Gasteiger partial charge >= 0.3 is 0 Å². The Morgan fingerprint density at radius 2 is 1.94 bits per heavy atom. The minimum absolute atomic E-state index is 0.00402. The molecule has 1 saturated heterocycles. The Hall–Kier alpha value is -3.23. The third kappa shape index (κ3) is 4.12. The van der Waals surface area contributed by atoms with E-state index in [4.69, 9.17) is 4.74 Å². The number of nitrogens with zero attached hydrogens (tertiary/aromatic N) is 5. The van der Waals surface area contributed by atoms with Gasteiger partial charge in [0.25, 0.3) is 5.91 Å². The van der Waals surface area contributed by atoms with Crippen LogP contribution in [0.4, 0.5) is 0 Å². The molecule has 1 aromatic heterocycles. The van der Waals surface area contributed by atoms with Crippen LogP contribution in [0.15, 0.2) is 48.5 Å². The zero-order valence-electron chi connectivity index (χ0n) is 19.0. The van der Waals surface area contributed by atoms with Gasteiger partial charge in [0.1, 0.15) is 5.75 Å². The van der Waals surface area contributed by atoms with Gasteiger partial charge in [0, 0.05) is 37.3 Å². The highest BCUT2D eigenvalue weighted by molar-refractivity contribution is 5.96. The monoisotopic (exact) mass is 447 g/mol. The molecule has 8 heteroatoms. The lowest BCUT2D eigenvalue weighted by atomic mass is 10.1. The predicted molar refractivity (Wildman–Crippen MR) is 123 cm³/mol. The van der Waals surface area contributed by atoms with Crippen LogP contribution in [0.2, 0.25) is 0 Å². The van der Waals surface area contributed by atoms with Crippen molar-refractivity contribution in [3.05, 3.63) is 76.9 Å². The van der Waals surface area contributed by atoms with Crippen molar-refractivity contribution < 1.29 is 14.6 Å². The number of fused-ring (bicyclic) bond motifs is 1. The van der Waals surface area contributed by atoms with Gasteiger partial charge in [-0.15, -0.1) is 10.2 Å². The van der Waals surface area contributed by atoms with E-state index in [0.29, 0.717) is 43.9 Å². The molecule has 1 fully saturated rings. The lowest BCUT2D eigenvalue weighted by molar-refractivity contribution is 0.0703. The van der Waals surface area contributed by atoms with Crippen molar-refractivity contribution >= 4 is 5.91 Å². The average Bonchev–Trinajstić information content (AvgIpc) is 3.41. The number of aliphatic hydroxyl groups excluding tert-OH is 1. The molecule has 2 aliphatic heterocycles. The van der Waals surface area contributed by atoms with E-state index < -0.39 is 0 Å². The highest BCUT2D eigenvalue weighted by Gasteiger charge is 2.37. The van der Waals surface area contributed by atoms with E-state index in [1.54, 1.807) is 7.11 Å². The molecule has 33 heavy (non-hydrogen) atoms. The molecule has 1 amide bonds. The number of amides is 1. The largest absolute Gasteiger partial charge is 0.496 e. The molecule has 172 valence electrons. The van der Waals surface area contributed by atoms with E-state index in [-0.39, 0.29) is 18.1 Å². The van der Waals surface area contributed by atoms with Gasteiger partial charge in [-0.1, -0.05) is 36.4 Å². The number of carbonyl (C=O) groups is 1. The molecule has 0 radical (unpaired) electrons. The Bertz CT molecular complexity index is 1150. The van der Waals surface area contributed by atoms with Gasteiger partial charge in [0.15, 0.2) is 11.6 Å². The van der Waals surface area contributed by atoms with Crippen LogP contribution in [0.1, 0.15) is 45.6 Å². The third-order valence-corrected chi connectivity index (χ3v) is 6.71. The number of hydrogen-bond donors (Lipinski definition) is 1. The van der Waals surface area contributed by atoms with Crippen LogP contribution in [-0.2, 0) is 19.6 Å². The first-order valence-corrected chi connectivity index (χ1v) is 11.4. The van der Waals surface area contributed by atoms with Gasteiger partial charge in [-0.2, -0.15) is 0 Å². The number of benzene rings is 2. The second-order valence-electron chi connectivity index (χ2n) is 8.81. The number of hydrogen-bond acceptors (Lipinski definition) is 6. The molecule has 0 bridgehead atoms. The first kappa shape index (κ1) is 21.6. The van der Waals surface area contributed by atoms with E-state index in [0.717, 1.165) is 23.8 Å². The van der Waals surface area contributed by atoms with Gasteiger partial charge in [-0.25, -0.2) is 0 Å². The Morgan fingerprint density at radius 1 is 1.12 bits per heavy atom. The van der Waals surface area contributed by atoms with Crippen LogP contribution in [0, 0.1) is 6.92 Å². The fraction of sp³-hybridized carbons (Fsp3) is 0.400. The van der Waals surface area contributed by atoms with E-state index in [1.165, 1.54) is 5.56 Å². The van der Waals surface area contributed by atoms with Gasteiger partial charge < -0.3 is 19.3 Å². The number of carbonyl (C=O) groups excluding carboxylic acids is 1. The smallest absolute Gasteiger partial charge is 0.254 e. The summed E-state index contributed by atoms with van der Waals surface area (Å²) in [5.74, 6) is 2.35. The maximum Gasteiger partial charge on any atom is 0.254 e. The van der Waals surface area contributed by atoms with Crippen molar-refractivity contribution in [2.75, 3.05) is 20.2 Å². The van der Waals surface area contributed by atoms with Crippen molar-refractivity contribution in [2.45, 2.75) is 45.1 Å². The van der Waals surface area contributed by atoms with Gasteiger partial charge in [0.2, 0.25) is 0 Å². The maximum absolute atomic E-state index is 13.2. The zero-order chi connectivity index (χ0) is 22.9. The Morgan fingerprint density at radius 3 is 2.73 bits per heavy atom. The number of methoxy groups -OCH3 is 1. The summed E-state index contributed by atoms with van der Waals surface area (Å²) in [6.45, 7) is 4.91. The SMILES string of the molecule is COc1cccc(C(=O)N2CCn3c(nnc3[C@@H]3C[C@H](O)CN3Cc3ccccc3)C2)c1C. The summed E-state index contributed by atoms with van der Waals surface area (Å²) in [5, 5.41) is 19.4. The Balaban J connectivity index is 1.35. The van der Waals surface area contributed by atoms with Crippen LogP contribution in [-0.4, -0.2) is 61.9 Å². The van der Waals surface area contributed by atoms with Crippen molar-refractivity contribution in [1.29, 1.82) is 0 Å². The van der Waals surface area contributed by atoms with E-state index in [2.05, 4.69) is 31.8 Å². The average molecular weight is 448 g/mol. The fourth-order valence-electron chi connectivity index (χ4n) is 4.98. The highest BCUT2D eigenvalue weighted by Crippen LogP contribution is 2.34. The molecule has 0 unspecified atom stereocenters. The summed E-state index contributed by atoms with van der Waals surface area (Å²) in [6.07, 6.45) is 0.251. The molecule has 2 aliphatic rings. The summed E-state index contributed by atoms with van der Waals surface area (Å²) < 4.78 is 7.51. The quantitative estimate of drug-likeness (QED) is 0.647.